The number of aromatic nitrogens is 2. The van der Waals surface area contributed by atoms with E-state index in [0.717, 1.165) is 17.9 Å². The molecule has 0 spiro atoms. The van der Waals surface area contributed by atoms with Gasteiger partial charge in [0.2, 0.25) is 0 Å². The van der Waals surface area contributed by atoms with Crippen LogP contribution < -0.4 is 10.6 Å². The first-order valence-corrected chi connectivity index (χ1v) is 7.87. The number of rotatable bonds is 4. The largest absolute Gasteiger partial charge is 0.332 e. The standard InChI is InChI=1S/C17H15ClN4S/c18-14-6-8-15(9-7-14)20-17(23)21-16-10-19-22(12-16)11-13-4-2-1-3-5-13/h1-10,12H,11H2,(H2,20,21,23). The van der Waals surface area contributed by atoms with Crippen LogP contribution in [0.1, 0.15) is 5.56 Å². The Labute approximate surface area is 145 Å². The highest BCUT2D eigenvalue weighted by atomic mass is 35.5. The predicted molar refractivity (Wildman–Crippen MR) is 99.1 cm³/mol. The van der Waals surface area contributed by atoms with E-state index in [9.17, 15) is 0 Å². The second-order valence-electron chi connectivity index (χ2n) is 5.00. The van der Waals surface area contributed by atoms with Crippen molar-refractivity contribution in [1.82, 2.24) is 9.78 Å². The Kier molecular flexibility index (Phi) is 4.90. The molecule has 3 rings (SSSR count). The summed E-state index contributed by atoms with van der Waals surface area (Å²) < 4.78 is 1.86. The van der Waals surface area contributed by atoms with Gasteiger partial charge in [0, 0.05) is 16.9 Å². The smallest absolute Gasteiger partial charge is 0.175 e. The van der Waals surface area contributed by atoms with Crippen molar-refractivity contribution in [3.05, 3.63) is 77.6 Å². The first-order chi connectivity index (χ1) is 11.2. The Morgan fingerprint density at radius 1 is 1.00 bits per heavy atom. The topological polar surface area (TPSA) is 41.9 Å². The summed E-state index contributed by atoms with van der Waals surface area (Å²) in [5.74, 6) is 0. The molecule has 6 heteroatoms. The van der Waals surface area contributed by atoms with E-state index in [0.29, 0.717) is 10.1 Å². The summed E-state index contributed by atoms with van der Waals surface area (Å²) in [7, 11) is 0. The fourth-order valence-electron chi connectivity index (χ4n) is 2.11. The maximum Gasteiger partial charge on any atom is 0.175 e. The van der Waals surface area contributed by atoms with E-state index < -0.39 is 0 Å². The highest BCUT2D eigenvalue weighted by Crippen LogP contribution is 2.14. The van der Waals surface area contributed by atoms with Gasteiger partial charge >= 0.3 is 0 Å². The maximum atomic E-state index is 5.86. The molecule has 1 heterocycles. The molecule has 0 aliphatic carbocycles. The Bertz CT molecular complexity index is 784. The van der Waals surface area contributed by atoms with Gasteiger partial charge in [-0.3, -0.25) is 4.68 Å². The summed E-state index contributed by atoms with van der Waals surface area (Å²) in [5, 5.41) is 11.7. The van der Waals surface area contributed by atoms with Crippen LogP contribution in [0.4, 0.5) is 11.4 Å². The highest BCUT2D eigenvalue weighted by molar-refractivity contribution is 7.80. The van der Waals surface area contributed by atoms with E-state index in [-0.39, 0.29) is 0 Å². The van der Waals surface area contributed by atoms with Gasteiger partial charge in [-0.15, -0.1) is 0 Å². The van der Waals surface area contributed by atoms with E-state index in [1.807, 2.05) is 53.3 Å². The molecule has 23 heavy (non-hydrogen) atoms. The first kappa shape index (κ1) is 15.5. The minimum Gasteiger partial charge on any atom is -0.332 e. The number of benzene rings is 2. The van der Waals surface area contributed by atoms with Gasteiger partial charge in [0.05, 0.1) is 18.4 Å². The van der Waals surface area contributed by atoms with Crippen LogP contribution in [0.3, 0.4) is 0 Å². The van der Waals surface area contributed by atoms with Crippen molar-refractivity contribution < 1.29 is 0 Å². The Hall–Kier alpha value is -2.37. The number of thiocarbonyl (C=S) groups is 1. The van der Waals surface area contributed by atoms with Gasteiger partial charge in [-0.1, -0.05) is 41.9 Å². The van der Waals surface area contributed by atoms with Crippen LogP contribution in [0, 0.1) is 0 Å². The van der Waals surface area contributed by atoms with E-state index in [1.54, 1.807) is 6.20 Å². The van der Waals surface area contributed by atoms with Gasteiger partial charge in [0.1, 0.15) is 0 Å². The van der Waals surface area contributed by atoms with Gasteiger partial charge in [0.25, 0.3) is 0 Å². The van der Waals surface area contributed by atoms with Crippen molar-refractivity contribution in [2.24, 2.45) is 0 Å². The van der Waals surface area contributed by atoms with Crippen LogP contribution in [0.2, 0.25) is 5.02 Å². The summed E-state index contributed by atoms with van der Waals surface area (Å²) in [6.07, 6.45) is 3.67. The molecule has 0 aliphatic heterocycles. The number of nitrogens with zero attached hydrogens (tertiary/aromatic N) is 2. The molecule has 0 aliphatic rings. The molecule has 1 aromatic heterocycles. The molecule has 4 nitrogen and oxygen atoms in total. The Morgan fingerprint density at radius 2 is 1.70 bits per heavy atom. The SMILES string of the molecule is S=C(Nc1ccc(Cl)cc1)Nc1cnn(Cc2ccccc2)c1. The van der Waals surface area contributed by atoms with Crippen LogP contribution >= 0.6 is 23.8 Å². The van der Waals surface area contributed by atoms with Crippen LogP contribution in [-0.4, -0.2) is 14.9 Å². The van der Waals surface area contributed by atoms with Crippen LogP contribution in [0.5, 0.6) is 0 Å². The molecule has 0 atom stereocenters. The fourth-order valence-corrected chi connectivity index (χ4v) is 2.47. The lowest BCUT2D eigenvalue weighted by Crippen LogP contribution is -2.18. The molecule has 0 saturated heterocycles. The minimum absolute atomic E-state index is 0.506. The second kappa shape index (κ2) is 7.26. The predicted octanol–water partition coefficient (Wildman–Crippen LogP) is 4.39. The molecule has 116 valence electrons. The van der Waals surface area contributed by atoms with Crippen molar-refractivity contribution in [2.45, 2.75) is 6.54 Å². The quantitative estimate of drug-likeness (QED) is 0.690. The molecule has 3 aromatic rings. The van der Waals surface area contributed by atoms with Gasteiger partial charge in [0.15, 0.2) is 5.11 Å². The zero-order chi connectivity index (χ0) is 16.1. The van der Waals surface area contributed by atoms with Gasteiger partial charge in [-0.2, -0.15) is 5.10 Å². The van der Waals surface area contributed by atoms with Crippen LogP contribution in [-0.2, 0) is 6.54 Å². The van der Waals surface area contributed by atoms with Crippen LogP contribution in [0.15, 0.2) is 67.0 Å². The zero-order valence-electron chi connectivity index (χ0n) is 12.2. The summed E-state index contributed by atoms with van der Waals surface area (Å²) in [5.41, 5.74) is 2.92. The molecule has 0 saturated carbocycles. The minimum atomic E-state index is 0.506. The number of hydrogen-bond acceptors (Lipinski definition) is 2. The van der Waals surface area contributed by atoms with Crippen molar-refractivity contribution in [3.63, 3.8) is 0 Å². The maximum absolute atomic E-state index is 5.86. The molecule has 0 fully saturated rings. The van der Waals surface area contributed by atoms with E-state index >= 15 is 0 Å². The average Bonchev–Trinajstić information content (AvgIpc) is 2.97. The third-order valence-electron chi connectivity index (χ3n) is 3.18. The molecule has 0 amide bonds. The lowest BCUT2D eigenvalue weighted by Gasteiger charge is -2.08. The summed E-state index contributed by atoms with van der Waals surface area (Å²) in [6.45, 7) is 0.722. The molecule has 0 unspecified atom stereocenters. The van der Waals surface area contributed by atoms with Crippen molar-refractivity contribution in [2.75, 3.05) is 10.6 Å². The number of anilines is 2. The lowest BCUT2D eigenvalue weighted by atomic mass is 10.2. The highest BCUT2D eigenvalue weighted by Gasteiger charge is 2.03. The lowest BCUT2D eigenvalue weighted by molar-refractivity contribution is 0.687. The average molecular weight is 343 g/mol. The summed E-state index contributed by atoms with van der Waals surface area (Å²) >= 11 is 11.2. The van der Waals surface area contributed by atoms with Gasteiger partial charge < -0.3 is 10.6 Å². The third kappa shape index (κ3) is 4.55. The molecule has 2 N–H and O–H groups in total. The Morgan fingerprint density at radius 3 is 2.43 bits per heavy atom. The Balaban J connectivity index is 1.58. The monoisotopic (exact) mass is 342 g/mol. The number of halogens is 1. The van der Waals surface area contributed by atoms with E-state index in [4.69, 9.17) is 23.8 Å². The van der Waals surface area contributed by atoms with Crippen LogP contribution in [0.25, 0.3) is 0 Å². The molecule has 0 radical (unpaired) electrons. The third-order valence-corrected chi connectivity index (χ3v) is 3.64. The normalized spacial score (nSPS) is 10.3. The fraction of sp³-hybridized carbons (Fsp3) is 0.0588. The first-order valence-electron chi connectivity index (χ1n) is 7.09. The molecular weight excluding hydrogens is 328 g/mol. The molecule has 0 bridgehead atoms. The zero-order valence-corrected chi connectivity index (χ0v) is 13.8. The molecular formula is C17H15ClN4S. The van der Waals surface area contributed by atoms with E-state index in [2.05, 4.69) is 27.9 Å². The summed E-state index contributed by atoms with van der Waals surface area (Å²) in [4.78, 5) is 0. The summed E-state index contributed by atoms with van der Waals surface area (Å²) in [6, 6.07) is 17.5. The second-order valence-corrected chi connectivity index (χ2v) is 5.84. The van der Waals surface area contributed by atoms with Crippen molar-refractivity contribution in [3.8, 4) is 0 Å². The van der Waals surface area contributed by atoms with Gasteiger partial charge in [-0.25, -0.2) is 0 Å². The van der Waals surface area contributed by atoms with Gasteiger partial charge in [-0.05, 0) is 42.0 Å². The number of hydrogen-bond donors (Lipinski definition) is 2. The van der Waals surface area contributed by atoms with Crippen molar-refractivity contribution >= 4 is 40.3 Å². The van der Waals surface area contributed by atoms with E-state index in [1.165, 1.54) is 5.56 Å². The number of nitrogens with one attached hydrogen (secondary N) is 2. The van der Waals surface area contributed by atoms with Crippen molar-refractivity contribution in [1.29, 1.82) is 0 Å². The molecule has 2 aromatic carbocycles.